The topological polar surface area (TPSA) is 23.8 Å². The first-order valence-corrected chi connectivity index (χ1v) is 14.1. The Morgan fingerprint density at radius 1 is 0.788 bits per heavy atom. The number of benzene rings is 1. The molecule has 2 aliphatic carbocycles. The van der Waals surface area contributed by atoms with E-state index in [-0.39, 0.29) is 0 Å². The van der Waals surface area contributed by atoms with Crippen molar-refractivity contribution >= 4 is 0 Å². The molecule has 0 N–H and O–H groups in total. The molecule has 1 aromatic carbocycles. The molecule has 1 aromatic rings. The summed E-state index contributed by atoms with van der Waals surface area (Å²) in [4.78, 5) is 0. The molecule has 0 aromatic heterocycles. The predicted molar refractivity (Wildman–Crippen MR) is 142 cm³/mol. The average molecular weight is 446 g/mol. The van der Waals surface area contributed by atoms with Crippen LogP contribution in [-0.4, -0.2) is 0 Å². The van der Waals surface area contributed by atoms with Crippen molar-refractivity contribution in [2.24, 2.45) is 17.8 Å². The van der Waals surface area contributed by atoms with E-state index in [1.807, 2.05) is 6.08 Å². The molecule has 0 bridgehead atoms. The third kappa shape index (κ3) is 9.52. The van der Waals surface area contributed by atoms with Crippen LogP contribution in [0, 0.1) is 29.1 Å². The van der Waals surface area contributed by atoms with Crippen LogP contribution >= 0.6 is 0 Å². The maximum Gasteiger partial charge on any atom is 0.0912 e. The van der Waals surface area contributed by atoms with Crippen molar-refractivity contribution in [2.75, 3.05) is 0 Å². The van der Waals surface area contributed by atoms with Crippen molar-refractivity contribution in [3.63, 3.8) is 0 Å². The van der Waals surface area contributed by atoms with Gasteiger partial charge in [-0.2, -0.15) is 5.26 Å². The van der Waals surface area contributed by atoms with Gasteiger partial charge in [-0.3, -0.25) is 0 Å². The number of hydrogen-bond acceptors (Lipinski definition) is 1. The highest BCUT2D eigenvalue weighted by molar-refractivity contribution is 5.26. The number of nitriles is 1. The molecule has 0 saturated heterocycles. The van der Waals surface area contributed by atoms with Crippen molar-refractivity contribution in [1.82, 2.24) is 0 Å². The standard InChI is InChI=1S/C32H47N/c1-2-3-4-5-7-10-28-18-22-31(23-19-28)32-24-20-30(21-25-32)17-16-29-14-12-27(13-15-29)11-8-6-9-26-33/h6,8-9,11,18-19,22-23,27,29-30,32H,2-5,7,10,12-17,20-21,24-25H2,1H3. The van der Waals surface area contributed by atoms with E-state index in [9.17, 15) is 0 Å². The number of nitrogens with zero attached hydrogens (tertiary/aromatic N) is 1. The highest BCUT2D eigenvalue weighted by Crippen LogP contribution is 2.40. The zero-order valence-electron chi connectivity index (χ0n) is 21.2. The molecular formula is C32H47N. The van der Waals surface area contributed by atoms with Crippen LogP contribution in [0.15, 0.2) is 48.6 Å². The highest BCUT2D eigenvalue weighted by atomic mass is 14.3. The Bertz CT molecular complexity index is 734. The summed E-state index contributed by atoms with van der Waals surface area (Å²) in [5, 5.41) is 8.56. The molecule has 1 nitrogen and oxygen atoms in total. The smallest absolute Gasteiger partial charge is 0.0912 e. The molecular weight excluding hydrogens is 398 g/mol. The highest BCUT2D eigenvalue weighted by Gasteiger charge is 2.24. The van der Waals surface area contributed by atoms with Crippen LogP contribution < -0.4 is 0 Å². The normalized spacial score (nSPS) is 26.1. The van der Waals surface area contributed by atoms with Crippen LogP contribution in [-0.2, 0) is 6.42 Å². The molecule has 0 heterocycles. The lowest BCUT2D eigenvalue weighted by atomic mass is 9.74. The largest absolute Gasteiger partial charge is 0.193 e. The van der Waals surface area contributed by atoms with E-state index in [4.69, 9.17) is 5.26 Å². The van der Waals surface area contributed by atoms with Gasteiger partial charge in [0, 0.05) is 6.08 Å². The van der Waals surface area contributed by atoms with E-state index in [1.54, 1.807) is 11.6 Å². The lowest BCUT2D eigenvalue weighted by Gasteiger charge is -2.31. The molecule has 0 spiro atoms. The van der Waals surface area contributed by atoms with E-state index < -0.39 is 0 Å². The van der Waals surface area contributed by atoms with Crippen LogP contribution in [0.2, 0.25) is 0 Å². The maximum absolute atomic E-state index is 8.56. The molecule has 0 amide bonds. The molecule has 0 atom stereocenters. The van der Waals surface area contributed by atoms with Gasteiger partial charge in [-0.1, -0.05) is 87.9 Å². The second-order valence-electron chi connectivity index (χ2n) is 10.9. The lowest BCUT2D eigenvalue weighted by molar-refractivity contribution is 0.246. The van der Waals surface area contributed by atoms with Gasteiger partial charge in [0.05, 0.1) is 6.07 Å². The number of hydrogen-bond donors (Lipinski definition) is 0. The Morgan fingerprint density at radius 3 is 2.06 bits per heavy atom. The Labute approximate surface area is 204 Å². The minimum Gasteiger partial charge on any atom is -0.193 e. The maximum atomic E-state index is 8.56. The summed E-state index contributed by atoms with van der Waals surface area (Å²) in [5.74, 6) is 3.46. The second kappa shape index (κ2) is 15.2. The van der Waals surface area contributed by atoms with Gasteiger partial charge in [-0.15, -0.1) is 0 Å². The third-order valence-electron chi connectivity index (χ3n) is 8.41. The first kappa shape index (κ1) is 25.8. The summed E-state index contributed by atoms with van der Waals surface area (Å²) in [6.45, 7) is 2.29. The van der Waals surface area contributed by atoms with Gasteiger partial charge in [0.25, 0.3) is 0 Å². The Morgan fingerprint density at radius 2 is 1.42 bits per heavy atom. The van der Waals surface area contributed by atoms with Crippen LogP contribution in [0.25, 0.3) is 0 Å². The third-order valence-corrected chi connectivity index (χ3v) is 8.41. The molecule has 0 unspecified atom stereocenters. The summed E-state index contributed by atoms with van der Waals surface area (Å²) in [6.07, 6.45) is 30.0. The zero-order chi connectivity index (χ0) is 23.1. The summed E-state index contributed by atoms with van der Waals surface area (Å²) >= 11 is 0. The fraction of sp³-hybridized carbons (Fsp3) is 0.656. The molecule has 0 aliphatic heterocycles. The van der Waals surface area contributed by atoms with Gasteiger partial charge in [0.2, 0.25) is 0 Å². The quantitative estimate of drug-likeness (QED) is 0.178. The number of allylic oxidation sites excluding steroid dienone is 4. The monoisotopic (exact) mass is 445 g/mol. The van der Waals surface area contributed by atoms with Crippen LogP contribution in [0.5, 0.6) is 0 Å². The SMILES string of the molecule is CCCCCCCc1ccc(C2CCC(CCC3CCC(C=CC=CC#N)CC3)CC2)cc1. The second-order valence-corrected chi connectivity index (χ2v) is 10.9. The van der Waals surface area contributed by atoms with E-state index in [0.29, 0.717) is 0 Å². The molecule has 1 heteroatoms. The Hall–Kier alpha value is -1.81. The number of unbranched alkanes of at least 4 members (excludes halogenated alkanes) is 4. The zero-order valence-corrected chi connectivity index (χ0v) is 21.2. The summed E-state index contributed by atoms with van der Waals surface area (Å²) in [7, 11) is 0. The first-order chi connectivity index (χ1) is 16.3. The van der Waals surface area contributed by atoms with Gasteiger partial charge in [-0.25, -0.2) is 0 Å². The molecule has 2 saturated carbocycles. The number of aryl methyl sites for hydroxylation is 1. The van der Waals surface area contributed by atoms with Crippen LogP contribution in [0.4, 0.5) is 0 Å². The fourth-order valence-corrected chi connectivity index (χ4v) is 6.13. The molecule has 0 radical (unpaired) electrons. The van der Waals surface area contributed by atoms with Crippen molar-refractivity contribution in [2.45, 2.75) is 116 Å². The summed E-state index contributed by atoms with van der Waals surface area (Å²) in [6, 6.07) is 11.8. The molecule has 180 valence electrons. The van der Waals surface area contributed by atoms with Crippen LogP contribution in [0.3, 0.4) is 0 Å². The molecule has 33 heavy (non-hydrogen) atoms. The van der Waals surface area contributed by atoms with E-state index >= 15 is 0 Å². The Balaban J connectivity index is 1.29. The van der Waals surface area contributed by atoms with Gasteiger partial charge >= 0.3 is 0 Å². The van der Waals surface area contributed by atoms with Crippen molar-refractivity contribution in [3.05, 3.63) is 59.7 Å². The molecule has 2 fully saturated rings. The van der Waals surface area contributed by atoms with Crippen molar-refractivity contribution < 1.29 is 0 Å². The lowest BCUT2D eigenvalue weighted by Crippen LogP contribution is -2.17. The van der Waals surface area contributed by atoms with Gasteiger partial charge in [-0.05, 0) is 99.0 Å². The molecule has 2 aliphatic rings. The summed E-state index contributed by atoms with van der Waals surface area (Å²) in [5.41, 5.74) is 3.13. The van der Waals surface area contributed by atoms with E-state index in [2.05, 4.69) is 49.4 Å². The van der Waals surface area contributed by atoms with Gasteiger partial charge in [0.1, 0.15) is 0 Å². The van der Waals surface area contributed by atoms with E-state index in [1.165, 1.54) is 108 Å². The first-order valence-electron chi connectivity index (χ1n) is 14.1. The van der Waals surface area contributed by atoms with Crippen LogP contribution in [0.1, 0.15) is 120 Å². The van der Waals surface area contributed by atoms with Gasteiger partial charge in [0.15, 0.2) is 0 Å². The molecule has 3 rings (SSSR count). The Kier molecular flexibility index (Phi) is 11.9. The van der Waals surface area contributed by atoms with E-state index in [0.717, 1.165) is 23.7 Å². The predicted octanol–water partition coefficient (Wildman–Crippen LogP) is 9.70. The van der Waals surface area contributed by atoms with Crippen molar-refractivity contribution in [3.8, 4) is 6.07 Å². The number of rotatable bonds is 12. The minimum absolute atomic E-state index is 0.729. The average Bonchev–Trinajstić information content (AvgIpc) is 2.87. The minimum atomic E-state index is 0.729. The van der Waals surface area contributed by atoms with Crippen molar-refractivity contribution in [1.29, 1.82) is 5.26 Å². The summed E-state index contributed by atoms with van der Waals surface area (Å²) < 4.78 is 0. The van der Waals surface area contributed by atoms with Gasteiger partial charge < -0.3 is 0 Å². The fourth-order valence-electron chi connectivity index (χ4n) is 6.13.